The summed E-state index contributed by atoms with van der Waals surface area (Å²) < 4.78 is 31.6. The van der Waals surface area contributed by atoms with Crippen LogP contribution in [0.1, 0.15) is 0 Å². The molecule has 0 saturated heterocycles. The molecule has 14 nitrogen and oxygen atoms in total. The van der Waals surface area contributed by atoms with E-state index < -0.39 is 22.6 Å². The number of aliphatic hydroxyl groups is 2. The third-order valence-corrected chi connectivity index (χ3v) is 4.43. The molecule has 0 spiro atoms. The molecule has 0 aliphatic carbocycles. The van der Waals surface area contributed by atoms with Gasteiger partial charge in [0.2, 0.25) is 0 Å². The minimum atomic E-state index is -4.67. The first-order valence-corrected chi connectivity index (χ1v) is 12.5. The zero-order chi connectivity index (χ0) is 28.4. The molecule has 0 aromatic heterocycles. The summed E-state index contributed by atoms with van der Waals surface area (Å²) in [5, 5.41) is 26.3. The second-order valence-corrected chi connectivity index (χ2v) is 8.72. The molecule has 208 valence electrons. The Morgan fingerprint density at radius 1 is 0.757 bits per heavy atom. The van der Waals surface area contributed by atoms with Crippen LogP contribution in [0.15, 0.2) is 58.5 Å². The molecule has 0 radical (unpaired) electrons. The van der Waals surface area contributed by atoms with Gasteiger partial charge in [-0.05, 0) is 24.3 Å². The van der Waals surface area contributed by atoms with Crippen molar-refractivity contribution in [1.29, 1.82) is 0 Å². The molecular weight excluding hydrogens is 551 g/mol. The van der Waals surface area contributed by atoms with Crippen LogP contribution in [0.5, 0.6) is 0 Å². The van der Waals surface area contributed by atoms with Gasteiger partial charge >= 0.3 is 10.4 Å². The minimum absolute atomic E-state index is 0.0307. The third-order valence-electron chi connectivity index (χ3n) is 3.77. The Morgan fingerprint density at radius 2 is 1.05 bits per heavy atom. The van der Waals surface area contributed by atoms with Gasteiger partial charge in [-0.25, -0.2) is 0 Å². The van der Waals surface area contributed by atoms with Gasteiger partial charge in [0.05, 0.1) is 46.7 Å². The van der Waals surface area contributed by atoms with Gasteiger partial charge in [-0.1, -0.05) is 47.5 Å². The SMILES string of the molecule is NC(N)=NCC(O)CNc1ccccc1Cl.NC(N)=NCC(O)CNc1ccccc1Cl.O=S(=O)(O)O. The van der Waals surface area contributed by atoms with Crippen molar-refractivity contribution in [2.75, 3.05) is 36.8 Å². The van der Waals surface area contributed by atoms with E-state index in [1.807, 2.05) is 36.4 Å². The van der Waals surface area contributed by atoms with E-state index in [0.717, 1.165) is 11.4 Å². The molecule has 2 unspecified atom stereocenters. The lowest BCUT2D eigenvalue weighted by Crippen LogP contribution is -2.28. The quantitative estimate of drug-likeness (QED) is 0.101. The molecule has 14 N–H and O–H groups in total. The van der Waals surface area contributed by atoms with Crippen LogP contribution in [0.2, 0.25) is 10.0 Å². The first-order valence-electron chi connectivity index (χ1n) is 10.3. The summed E-state index contributed by atoms with van der Waals surface area (Å²) in [4.78, 5) is 7.42. The molecule has 37 heavy (non-hydrogen) atoms. The number of hydrogen-bond donors (Lipinski definition) is 10. The Labute approximate surface area is 224 Å². The zero-order valence-electron chi connectivity index (χ0n) is 19.6. The number of halogens is 2. The Kier molecular flexibility index (Phi) is 16.7. The predicted molar refractivity (Wildman–Crippen MR) is 147 cm³/mol. The van der Waals surface area contributed by atoms with Gasteiger partial charge in [0.1, 0.15) is 0 Å². The highest BCUT2D eigenvalue weighted by Gasteiger charge is 2.05. The van der Waals surface area contributed by atoms with E-state index in [4.69, 9.17) is 63.7 Å². The van der Waals surface area contributed by atoms with Crippen molar-refractivity contribution < 1.29 is 27.7 Å². The maximum absolute atomic E-state index is 9.53. The average molecular weight is 583 g/mol. The van der Waals surface area contributed by atoms with Crippen molar-refractivity contribution in [2.24, 2.45) is 32.9 Å². The maximum atomic E-state index is 9.53. The smallest absolute Gasteiger partial charge is 0.389 e. The number of anilines is 2. The number of nitrogens with zero attached hydrogens (tertiary/aromatic N) is 2. The number of aliphatic hydroxyl groups excluding tert-OH is 2. The van der Waals surface area contributed by atoms with Gasteiger partial charge in [-0.15, -0.1) is 0 Å². The molecule has 0 aliphatic rings. The van der Waals surface area contributed by atoms with E-state index in [1.165, 1.54) is 0 Å². The lowest BCUT2D eigenvalue weighted by molar-refractivity contribution is 0.196. The number of benzene rings is 2. The summed E-state index contributed by atoms with van der Waals surface area (Å²) in [7, 11) is -4.67. The van der Waals surface area contributed by atoms with Crippen LogP contribution in [-0.2, 0) is 10.4 Å². The first-order chi connectivity index (χ1) is 17.2. The molecule has 2 atom stereocenters. The fourth-order valence-corrected chi connectivity index (χ4v) is 2.62. The summed E-state index contributed by atoms with van der Waals surface area (Å²) >= 11 is 11.8. The van der Waals surface area contributed by atoms with Gasteiger partial charge in [0.15, 0.2) is 11.9 Å². The Hall–Kier alpha value is -3.05. The lowest BCUT2D eigenvalue weighted by atomic mass is 10.3. The van der Waals surface area contributed by atoms with E-state index in [0.29, 0.717) is 23.1 Å². The molecule has 0 amide bonds. The van der Waals surface area contributed by atoms with E-state index in [-0.39, 0.29) is 25.0 Å². The monoisotopic (exact) mass is 582 g/mol. The van der Waals surface area contributed by atoms with Gasteiger partial charge in [0.25, 0.3) is 0 Å². The van der Waals surface area contributed by atoms with Gasteiger partial charge < -0.3 is 43.8 Å². The predicted octanol–water partition coefficient (Wildman–Crippen LogP) is 0.120. The van der Waals surface area contributed by atoms with Crippen LogP contribution in [0.25, 0.3) is 0 Å². The first kappa shape index (κ1) is 34.0. The fraction of sp³-hybridized carbons (Fsp3) is 0.300. The normalized spacial score (nSPS) is 11.8. The van der Waals surface area contributed by atoms with Crippen molar-refractivity contribution in [3.05, 3.63) is 58.6 Å². The van der Waals surface area contributed by atoms with Gasteiger partial charge in [0, 0.05) is 13.1 Å². The second-order valence-electron chi connectivity index (χ2n) is 7.01. The number of nitrogens with two attached hydrogens (primary N) is 4. The van der Waals surface area contributed by atoms with Crippen LogP contribution >= 0.6 is 23.2 Å². The molecule has 0 aliphatic heterocycles. The molecule has 2 aromatic rings. The molecule has 0 bridgehead atoms. The molecule has 0 heterocycles. The van der Waals surface area contributed by atoms with E-state index >= 15 is 0 Å². The van der Waals surface area contributed by atoms with Gasteiger partial charge in [-0.3, -0.25) is 19.1 Å². The topological polar surface area (TPSA) is 268 Å². The van der Waals surface area contributed by atoms with Crippen molar-refractivity contribution in [3.8, 4) is 0 Å². The third kappa shape index (κ3) is 20.8. The summed E-state index contributed by atoms with van der Waals surface area (Å²) in [6.45, 7) is 1.00. The zero-order valence-corrected chi connectivity index (χ0v) is 21.9. The van der Waals surface area contributed by atoms with Crippen LogP contribution in [0.4, 0.5) is 11.4 Å². The van der Waals surface area contributed by atoms with Crippen LogP contribution < -0.4 is 33.6 Å². The summed E-state index contributed by atoms with van der Waals surface area (Å²) in [5.41, 5.74) is 22.1. The average Bonchev–Trinajstić information content (AvgIpc) is 2.79. The highest BCUT2D eigenvalue weighted by atomic mass is 35.5. The van der Waals surface area contributed by atoms with E-state index in [1.54, 1.807) is 12.1 Å². The fourth-order valence-electron chi connectivity index (χ4n) is 2.22. The van der Waals surface area contributed by atoms with Crippen LogP contribution in [0, 0.1) is 0 Å². The summed E-state index contributed by atoms with van der Waals surface area (Å²) in [6, 6.07) is 14.6. The van der Waals surface area contributed by atoms with Crippen LogP contribution in [0.3, 0.4) is 0 Å². The highest BCUT2D eigenvalue weighted by Crippen LogP contribution is 2.20. The molecule has 17 heteroatoms. The summed E-state index contributed by atoms with van der Waals surface area (Å²) in [5.74, 6) is -0.0615. The number of guanidine groups is 2. The Balaban J connectivity index is 0.000000594. The Bertz CT molecular complexity index is 1020. The van der Waals surface area contributed by atoms with E-state index in [2.05, 4.69) is 20.6 Å². The minimum Gasteiger partial charge on any atom is -0.389 e. The molecular formula is C20H32Cl2N8O6S. The number of rotatable bonds is 10. The molecule has 0 fully saturated rings. The lowest BCUT2D eigenvalue weighted by Gasteiger charge is -2.11. The van der Waals surface area contributed by atoms with Gasteiger partial charge in [-0.2, -0.15) is 8.42 Å². The number of nitrogens with one attached hydrogen (secondary N) is 2. The van der Waals surface area contributed by atoms with Crippen molar-refractivity contribution in [2.45, 2.75) is 12.2 Å². The van der Waals surface area contributed by atoms with Crippen molar-refractivity contribution >= 4 is 56.9 Å². The Morgan fingerprint density at radius 3 is 1.32 bits per heavy atom. The molecule has 2 rings (SSSR count). The number of aliphatic imine (C=N–C) groups is 2. The van der Waals surface area contributed by atoms with Crippen molar-refractivity contribution in [1.82, 2.24) is 0 Å². The summed E-state index contributed by atoms with van der Waals surface area (Å²) in [6.07, 6.45) is -1.31. The van der Waals surface area contributed by atoms with E-state index in [9.17, 15) is 10.2 Å². The highest BCUT2D eigenvalue weighted by molar-refractivity contribution is 7.79. The standard InChI is InChI=1S/2C10H15ClN4O.H2O4S/c2*11-8-3-1-2-4-9(8)14-5-7(16)6-15-10(12)13;1-5(2,3)4/h2*1-4,7,14,16H,5-6H2,(H4,12,13,15);(H2,1,2,3,4). The maximum Gasteiger partial charge on any atom is 0.394 e. The largest absolute Gasteiger partial charge is 0.394 e. The number of hydrogen-bond acceptors (Lipinski definition) is 8. The van der Waals surface area contributed by atoms with Crippen molar-refractivity contribution in [3.63, 3.8) is 0 Å². The molecule has 2 aromatic carbocycles. The second kappa shape index (κ2) is 18.2. The molecule has 0 saturated carbocycles. The van der Waals surface area contributed by atoms with Crippen LogP contribution in [-0.4, -0.2) is 78.0 Å². The number of para-hydroxylation sites is 2.